The number of nitrogens with one attached hydrogen (secondary N) is 1. The van der Waals surface area contributed by atoms with Crippen molar-refractivity contribution >= 4 is 23.6 Å². The van der Waals surface area contributed by atoms with Gasteiger partial charge in [-0.3, -0.25) is 14.4 Å². The predicted molar refractivity (Wildman–Crippen MR) is 119 cm³/mol. The summed E-state index contributed by atoms with van der Waals surface area (Å²) in [7, 11) is 0. The zero-order valence-electron chi connectivity index (χ0n) is 18.5. The first-order valence-electron chi connectivity index (χ1n) is 11.8. The second kappa shape index (κ2) is 9.37. The van der Waals surface area contributed by atoms with Crippen molar-refractivity contribution in [3.63, 3.8) is 0 Å². The molecule has 0 aromatic heterocycles. The Morgan fingerprint density at radius 2 is 1.77 bits per heavy atom. The van der Waals surface area contributed by atoms with E-state index in [4.69, 9.17) is 0 Å². The molecule has 7 heteroatoms. The van der Waals surface area contributed by atoms with E-state index in [-0.39, 0.29) is 42.8 Å². The molecule has 2 fully saturated rings. The van der Waals surface area contributed by atoms with Gasteiger partial charge in [0.05, 0.1) is 13.0 Å². The van der Waals surface area contributed by atoms with Crippen molar-refractivity contribution in [3.8, 4) is 0 Å². The van der Waals surface area contributed by atoms with E-state index in [9.17, 15) is 14.4 Å². The zero-order chi connectivity index (χ0) is 21.8. The van der Waals surface area contributed by atoms with Crippen LogP contribution in [0.1, 0.15) is 77.6 Å². The smallest absolute Gasteiger partial charge is 0.250 e. The second-order valence-electron chi connectivity index (χ2n) is 9.51. The molecular weight excluding hydrogens is 392 g/mol. The van der Waals surface area contributed by atoms with Gasteiger partial charge in [0.2, 0.25) is 11.8 Å². The fourth-order valence-corrected chi connectivity index (χ4v) is 5.41. The van der Waals surface area contributed by atoms with Crippen molar-refractivity contribution < 1.29 is 14.4 Å². The maximum atomic E-state index is 14.0. The van der Waals surface area contributed by atoms with E-state index in [1.807, 2.05) is 18.4 Å². The van der Waals surface area contributed by atoms with E-state index in [1.54, 1.807) is 22.8 Å². The van der Waals surface area contributed by atoms with Gasteiger partial charge < -0.3 is 15.1 Å². The molecule has 0 radical (unpaired) electrons. The molecule has 0 aromatic rings. The van der Waals surface area contributed by atoms with Crippen LogP contribution in [0.2, 0.25) is 0 Å². The molecule has 3 amide bonds. The van der Waals surface area contributed by atoms with Gasteiger partial charge in [0, 0.05) is 18.3 Å². The highest BCUT2D eigenvalue weighted by Crippen LogP contribution is 2.32. The molecule has 4 rings (SSSR count). The summed E-state index contributed by atoms with van der Waals surface area (Å²) in [5.41, 5.74) is -1.07. The highest BCUT2D eigenvalue weighted by atomic mass is 16.2. The lowest BCUT2D eigenvalue weighted by molar-refractivity contribution is -0.149. The van der Waals surface area contributed by atoms with Crippen LogP contribution in [0, 0.1) is 0 Å². The van der Waals surface area contributed by atoms with Crippen molar-refractivity contribution in [1.29, 1.82) is 0 Å². The fraction of sp³-hybridized carbons (Fsp3) is 0.667. The quantitative estimate of drug-likeness (QED) is 0.732. The van der Waals surface area contributed by atoms with Crippen LogP contribution in [-0.2, 0) is 14.4 Å². The molecule has 4 aliphatic rings. The van der Waals surface area contributed by atoms with E-state index >= 15 is 0 Å². The van der Waals surface area contributed by atoms with E-state index < -0.39 is 5.54 Å². The van der Waals surface area contributed by atoms with Crippen LogP contribution >= 0.6 is 0 Å². The Hall–Kier alpha value is -2.44. The molecule has 0 saturated heterocycles. The molecule has 2 aliphatic carbocycles. The highest BCUT2D eigenvalue weighted by molar-refractivity contribution is 6.09. The third kappa shape index (κ3) is 4.75. The number of aliphatic imine (C=N–C) groups is 1. The summed E-state index contributed by atoms with van der Waals surface area (Å²) in [4.78, 5) is 47.0. The van der Waals surface area contributed by atoms with Gasteiger partial charge in [-0.15, -0.1) is 0 Å². The molecule has 2 aliphatic heterocycles. The molecule has 1 unspecified atom stereocenters. The Kier molecular flexibility index (Phi) is 6.58. The van der Waals surface area contributed by atoms with Gasteiger partial charge in [-0.05, 0) is 44.8 Å². The minimum atomic E-state index is -1.07. The minimum Gasteiger partial charge on any atom is -0.352 e. The van der Waals surface area contributed by atoms with Gasteiger partial charge in [-0.25, -0.2) is 0 Å². The number of amides is 3. The van der Waals surface area contributed by atoms with Gasteiger partial charge in [-0.2, -0.15) is 4.99 Å². The normalized spacial score (nSPS) is 26.9. The number of allylic oxidation sites excluding steroid dienone is 2. The zero-order valence-corrected chi connectivity index (χ0v) is 18.5. The second-order valence-corrected chi connectivity index (χ2v) is 9.51. The molecule has 2 heterocycles. The lowest BCUT2D eigenvalue weighted by atomic mass is 9.87. The minimum absolute atomic E-state index is 0.0149. The highest BCUT2D eigenvalue weighted by Gasteiger charge is 2.48. The Bertz CT molecular complexity index is 806. The van der Waals surface area contributed by atoms with E-state index in [1.165, 1.54) is 12.8 Å². The van der Waals surface area contributed by atoms with Crippen molar-refractivity contribution in [3.05, 3.63) is 24.4 Å². The molecule has 7 nitrogen and oxygen atoms in total. The first-order valence-corrected chi connectivity index (χ1v) is 11.8. The van der Waals surface area contributed by atoms with Gasteiger partial charge in [0.1, 0.15) is 11.4 Å². The van der Waals surface area contributed by atoms with Crippen LogP contribution in [0.25, 0.3) is 0 Å². The molecule has 2 saturated carbocycles. The van der Waals surface area contributed by atoms with Crippen LogP contribution in [0.4, 0.5) is 0 Å². The van der Waals surface area contributed by atoms with E-state index in [0.29, 0.717) is 5.84 Å². The van der Waals surface area contributed by atoms with Crippen LogP contribution in [0.5, 0.6) is 0 Å². The Balaban J connectivity index is 1.55. The van der Waals surface area contributed by atoms with Crippen LogP contribution in [0.15, 0.2) is 29.4 Å². The summed E-state index contributed by atoms with van der Waals surface area (Å²) in [6, 6.07) is 0.252. The monoisotopic (exact) mass is 426 g/mol. The van der Waals surface area contributed by atoms with Gasteiger partial charge in [0.15, 0.2) is 0 Å². The Labute approximate surface area is 184 Å². The summed E-state index contributed by atoms with van der Waals surface area (Å²) >= 11 is 0. The summed E-state index contributed by atoms with van der Waals surface area (Å²) in [6.45, 7) is 1.87. The van der Waals surface area contributed by atoms with Crippen LogP contribution in [0.3, 0.4) is 0 Å². The maximum absolute atomic E-state index is 14.0. The molecule has 0 aromatic carbocycles. The number of fused-ring (bicyclic) bond motifs is 1. The molecule has 0 spiro atoms. The maximum Gasteiger partial charge on any atom is 0.250 e. The molecule has 168 valence electrons. The summed E-state index contributed by atoms with van der Waals surface area (Å²) in [5, 5.41) is 3.16. The predicted octanol–water partition coefficient (Wildman–Crippen LogP) is 3.07. The number of nitrogens with zero attached hydrogens (tertiary/aromatic N) is 3. The fourth-order valence-electron chi connectivity index (χ4n) is 5.41. The van der Waals surface area contributed by atoms with Gasteiger partial charge >= 0.3 is 0 Å². The third-order valence-electron chi connectivity index (χ3n) is 7.13. The lowest BCUT2D eigenvalue weighted by Gasteiger charge is -2.46. The summed E-state index contributed by atoms with van der Waals surface area (Å²) in [5.74, 6) is -0.0411. The Morgan fingerprint density at radius 1 is 1.10 bits per heavy atom. The Morgan fingerprint density at radius 3 is 2.48 bits per heavy atom. The molecule has 31 heavy (non-hydrogen) atoms. The molecule has 0 bridgehead atoms. The standard InChI is InChI=1S/C24H34N4O3/c1-24(16-21(29)26-20-14-8-9-15-28(20)24)23(31)27(19-12-6-3-7-13-19)17-22(30)25-18-10-4-2-5-11-18/h8-9,14-15,18-19H,2-7,10-13,16-17H2,1H3,(H,25,30). The first-order chi connectivity index (χ1) is 15.0. The van der Waals surface area contributed by atoms with E-state index in [0.717, 1.165) is 51.4 Å². The number of rotatable bonds is 5. The van der Waals surface area contributed by atoms with Crippen molar-refractivity contribution in [2.45, 2.75) is 95.2 Å². The largest absolute Gasteiger partial charge is 0.352 e. The SMILES string of the molecule is CC1(C(=O)N(CC(=O)NC2CCCCC2)C2CCCCC2)CC(=O)N=C2C=CC=CN21. The van der Waals surface area contributed by atoms with Gasteiger partial charge in [0.25, 0.3) is 5.91 Å². The lowest BCUT2D eigenvalue weighted by Crippen LogP contribution is -2.63. The van der Waals surface area contributed by atoms with Crippen LogP contribution < -0.4 is 5.32 Å². The topological polar surface area (TPSA) is 82.1 Å². The molecule has 1 N–H and O–H groups in total. The van der Waals surface area contributed by atoms with Crippen molar-refractivity contribution in [2.75, 3.05) is 6.54 Å². The van der Waals surface area contributed by atoms with Crippen LogP contribution in [-0.4, -0.2) is 57.5 Å². The third-order valence-corrected chi connectivity index (χ3v) is 7.13. The number of hydrogen-bond acceptors (Lipinski definition) is 4. The number of carbonyl (C=O) groups excluding carboxylic acids is 3. The number of hydrogen-bond donors (Lipinski definition) is 1. The number of amidine groups is 1. The average Bonchev–Trinajstić information content (AvgIpc) is 2.78. The average molecular weight is 427 g/mol. The first kappa shape index (κ1) is 21.8. The number of carbonyl (C=O) groups is 3. The summed E-state index contributed by atoms with van der Waals surface area (Å²) < 4.78 is 0. The van der Waals surface area contributed by atoms with Crippen molar-refractivity contribution in [1.82, 2.24) is 15.1 Å². The van der Waals surface area contributed by atoms with Crippen molar-refractivity contribution in [2.24, 2.45) is 4.99 Å². The summed E-state index contributed by atoms with van der Waals surface area (Å²) in [6.07, 6.45) is 17.9. The van der Waals surface area contributed by atoms with Gasteiger partial charge in [-0.1, -0.05) is 44.6 Å². The molecular formula is C24H34N4O3. The molecule has 1 atom stereocenters. The van der Waals surface area contributed by atoms with E-state index in [2.05, 4.69) is 10.3 Å².